The zero-order chi connectivity index (χ0) is 24.4. The van der Waals surface area contributed by atoms with Gasteiger partial charge in [0.15, 0.2) is 5.13 Å². The molecule has 0 spiro atoms. The van der Waals surface area contributed by atoms with Crippen molar-refractivity contribution in [3.63, 3.8) is 0 Å². The minimum atomic E-state index is -0.214. The third-order valence-electron chi connectivity index (χ3n) is 5.94. The second-order valence-corrected chi connectivity index (χ2v) is 9.43. The SMILES string of the molecule is COc1ccc(-c2cc(C(=O)Nc3nc(-c4ccc(C(C)C)cc4)cs3)c3ccccc3n2)cc1. The van der Waals surface area contributed by atoms with Crippen LogP contribution in [0.15, 0.2) is 84.2 Å². The number of carbonyl (C=O) groups is 1. The molecule has 0 aliphatic rings. The first-order valence-electron chi connectivity index (χ1n) is 11.4. The number of rotatable bonds is 6. The van der Waals surface area contributed by atoms with E-state index < -0.39 is 0 Å². The van der Waals surface area contributed by atoms with Gasteiger partial charge >= 0.3 is 0 Å². The topological polar surface area (TPSA) is 64.1 Å². The molecule has 0 radical (unpaired) electrons. The normalized spacial score (nSPS) is 11.1. The zero-order valence-electron chi connectivity index (χ0n) is 19.8. The highest BCUT2D eigenvalue weighted by molar-refractivity contribution is 7.14. The Balaban J connectivity index is 1.44. The summed E-state index contributed by atoms with van der Waals surface area (Å²) in [6, 6.07) is 25.6. The van der Waals surface area contributed by atoms with Crippen LogP contribution in [0, 0.1) is 0 Å². The molecule has 5 rings (SSSR count). The average Bonchev–Trinajstić information content (AvgIpc) is 3.36. The predicted octanol–water partition coefficient (Wildman–Crippen LogP) is 7.41. The summed E-state index contributed by atoms with van der Waals surface area (Å²) in [5.41, 5.74) is 6.11. The molecule has 0 aliphatic carbocycles. The van der Waals surface area contributed by atoms with Crippen molar-refractivity contribution in [2.45, 2.75) is 19.8 Å². The molecule has 1 N–H and O–H groups in total. The van der Waals surface area contributed by atoms with Crippen molar-refractivity contribution in [3.05, 3.63) is 95.4 Å². The molecule has 5 nitrogen and oxygen atoms in total. The molecule has 0 saturated carbocycles. The number of amides is 1. The van der Waals surface area contributed by atoms with Crippen molar-refractivity contribution < 1.29 is 9.53 Å². The van der Waals surface area contributed by atoms with Crippen molar-refractivity contribution in [1.82, 2.24) is 9.97 Å². The van der Waals surface area contributed by atoms with Crippen LogP contribution in [0.2, 0.25) is 0 Å². The molecule has 0 fully saturated rings. The lowest BCUT2D eigenvalue weighted by molar-refractivity contribution is 0.102. The Kier molecular flexibility index (Phi) is 6.29. The standard InChI is InChI=1S/C29H25N3O2S/c1-18(2)19-8-10-21(11-9-19)27-17-35-29(31-27)32-28(33)24-16-26(20-12-14-22(34-3)15-13-20)30-25-7-5-4-6-23(24)25/h4-18H,1-3H3,(H,31,32,33). The summed E-state index contributed by atoms with van der Waals surface area (Å²) in [6.07, 6.45) is 0. The lowest BCUT2D eigenvalue weighted by Gasteiger charge is -2.10. The van der Waals surface area contributed by atoms with Gasteiger partial charge in [-0.25, -0.2) is 9.97 Å². The number of anilines is 1. The molecule has 2 aromatic heterocycles. The fourth-order valence-corrected chi connectivity index (χ4v) is 4.65. The predicted molar refractivity (Wildman–Crippen MR) is 143 cm³/mol. The Morgan fingerprint density at radius 1 is 0.886 bits per heavy atom. The van der Waals surface area contributed by atoms with Crippen LogP contribution in [0.3, 0.4) is 0 Å². The number of pyridine rings is 1. The van der Waals surface area contributed by atoms with E-state index in [2.05, 4.69) is 48.4 Å². The van der Waals surface area contributed by atoms with E-state index in [9.17, 15) is 4.79 Å². The van der Waals surface area contributed by atoms with Crippen LogP contribution < -0.4 is 10.1 Å². The molecule has 174 valence electrons. The molecule has 3 aromatic carbocycles. The number of hydrogen-bond acceptors (Lipinski definition) is 5. The number of fused-ring (bicyclic) bond motifs is 1. The molecule has 0 aliphatic heterocycles. The Labute approximate surface area is 208 Å². The molecule has 0 saturated heterocycles. The van der Waals surface area contributed by atoms with E-state index in [1.165, 1.54) is 16.9 Å². The highest BCUT2D eigenvalue weighted by atomic mass is 32.1. The van der Waals surface area contributed by atoms with E-state index in [4.69, 9.17) is 9.72 Å². The van der Waals surface area contributed by atoms with Gasteiger partial charge in [-0.3, -0.25) is 10.1 Å². The van der Waals surface area contributed by atoms with Gasteiger partial charge in [0.1, 0.15) is 5.75 Å². The van der Waals surface area contributed by atoms with Gasteiger partial charge in [-0.1, -0.05) is 56.3 Å². The summed E-state index contributed by atoms with van der Waals surface area (Å²) in [5.74, 6) is 1.03. The van der Waals surface area contributed by atoms with Gasteiger partial charge in [0.2, 0.25) is 0 Å². The van der Waals surface area contributed by atoms with Gasteiger partial charge in [-0.05, 0) is 47.9 Å². The summed E-state index contributed by atoms with van der Waals surface area (Å²) < 4.78 is 5.26. The van der Waals surface area contributed by atoms with E-state index in [1.807, 2.05) is 60.0 Å². The van der Waals surface area contributed by atoms with Crippen LogP contribution in [0.5, 0.6) is 5.75 Å². The molecule has 1 amide bonds. The maximum atomic E-state index is 13.4. The molecule has 35 heavy (non-hydrogen) atoms. The summed E-state index contributed by atoms with van der Waals surface area (Å²) >= 11 is 1.42. The summed E-state index contributed by atoms with van der Waals surface area (Å²) in [6.45, 7) is 4.35. The molecular weight excluding hydrogens is 454 g/mol. The third kappa shape index (κ3) is 4.79. The van der Waals surface area contributed by atoms with Crippen LogP contribution in [0.1, 0.15) is 35.7 Å². The van der Waals surface area contributed by atoms with E-state index >= 15 is 0 Å². The summed E-state index contributed by atoms with van der Waals surface area (Å²) in [7, 11) is 1.64. The van der Waals surface area contributed by atoms with Crippen molar-refractivity contribution in [2.75, 3.05) is 12.4 Å². The first-order valence-corrected chi connectivity index (χ1v) is 12.3. The van der Waals surface area contributed by atoms with Crippen LogP contribution in [-0.4, -0.2) is 23.0 Å². The summed E-state index contributed by atoms with van der Waals surface area (Å²) in [5, 5.41) is 6.31. The highest BCUT2D eigenvalue weighted by Crippen LogP contribution is 2.29. The van der Waals surface area contributed by atoms with Crippen LogP contribution >= 0.6 is 11.3 Å². The van der Waals surface area contributed by atoms with Crippen molar-refractivity contribution in [2.24, 2.45) is 0 Å². The first kappa shape index (κ1) is 22.7. The molecular formula is C29H25N3O2S. The van der Waals surface area contributed by atoms with Gasteiger partial charge in [0, 0.05) is 21.9 Å². The van der Waals surface area contributed by atoms with E-state index in [-0.39, 0.29) is 5.91 Å². The quantitative estimate of drug-likeness (QED) is 0.275. The number of para-hydroxylation sites is 1. The zero-order valence-corrected chi connectivity index (χ0v) is 20.6. The van der Waals surface area contributed by atoms with Crippen LogP contribution in [0.4, 0.5) is 5.13 Å². The summed E-state index contributed by atoms with van der Waals surface area (Å²) in [4.78, 5) is 22.8. The Morgan fingerprint density at radius 3 is 2.29 bits per heavy atom. The Morgan fingerprint density at radius 2 is 1.57 bits per heavy atom. The van der Waals surface area contributed by atoms with Crippen molar-refractivity contribution >= 4 is 33.3 Å². The van der Waals surface area contributed by atoms with E-state index in [1.54, 1.807) is 7.11 Å². The van der Waals surface area contributed by atoms with Gasteiger partial charge < -0.3 is 4.74 Å². The van der Waals surface area contributed by atoms with Gasteiger partial charge in [0.05, 0.1) is 29.6 Å². The number of nitrogens with zero attached hydrogens (tertiary/aromatic N) is 2. The smallest absolute Gasteiger partial charge is 0.258 e. The average molecular weight is 480 g/mol. The molecule has 5 aromatic rings. The monoisotopic (exact) mass is 479 g/mol. The van der Waals surface area contributed by atoms with E-state index in [0.717, 1.165) is 39.2 Å². The lowest BCUT2D eigenvalue weighted by atomic mass is 10.0. The van der Waals surface area contributed by atoms with Crippen molar-refractivity contribution in [1.29, 1.82) is 0 Å². The van der Waals surface area contributed by atoms with E-state index in [0.29, 0.717) is 16.6 Å². The minimum Gasteiger partial charge on any atom is -0.497 e. The molecule has 0 atom stereocenters. The maximum Gasteiger partial charge on any atom is 0.258 e. The van der Waals surface area contributed by atoms with Gasteiger partial charge in [-0.15, -0.1) is 11.3 Å². The Hall–Kier alpha value is -4.03. The second kappa shape index (κ2) is 9.68. The molecule has 0 unspecified atom stereocenters. The van der Waals surface area contributed by atoms with Gasteiger partial charge in [-0.2, -0.15) is 0 Å². The molecule has 2 heterocycles. The van der Waals surface area contributed by atoms with Crippen LogP contribution in [-0.2, 0) is 0 Å². The number of carbonyl (C=O) groups excluding carboxylic acids is 1. The number of aromatic nitrogens is 2. The number of ether oxygens (including phenoxy) is 1. The molecule has 6 heteroatoms. The highest BCUT2D eigenvalue weighted by Gasteiger charge is 2.16. The number of methoxy groups -OCH3 is 1. The van der Waals surface area contributed by atoms with Crippen molar-refractivity contribution in [3.8, 4) is 28.3 Å². The minimum absolute atomic E-state index is 0.214. The van der Waals surface area contributed by atoms with Crippen LogP contribution in [0.25, 0.3) is 33.4 Å². The number of nitrogens with one attached hydrogen (secondary N) is 1. The fourth-order valence-electron chi connectivity index (χ4n) is 3.94. The molecule has 0 bridgehead atoms. The number of thiazole rings is 1. The van der Waals surface area contributed by atoms with Gasteiger partial charge in [0.25, 0.3) is 5.91 Å². The number of benzene rings is 3. The third-order valence-corrected chi connectivity index (χ3v) is 6.70. The maximum absolute atomic E-state index is 13.4. The first-order chi connectivity index (χ1) is 17.0. The fraction of sp³-hybridized carbons (Fsp3) is 0.138. The second-order valence-electron chi connectivity index (χ2n) is 8.57. The number of hydrogen-bond donors (Lipinski definition) is 1. The largest absolute Gasteiger partial charge is 0.497 e. The Bertz CT molecular complexity index is 1490. The lowest BCUT2D eigenvalue weighted by Crippen LogP contribution is -2.13.